The molecule has 0 aliphatic rings. The Labute approximate surface area is 109 Å². The van der Waals surface area contributed by atoms with Crippen molar-refractivity contribution < 1.29 is 4.52 Å². The molecule has 0 saturated carbocycles. The number of anilines is 1. The van der Waals surface area contributed by atoms with Crippen molar-refractivity contribution in [3.63, 3.8) is 0 Å². The summed E-state index contributed by atoms with van der Waals surface area (Å²) in [4.78, 5) is 8.41. The molecule has 0 saturated heterocycles. The molecule has 0 atom stereocenters. The third-order valence-electron chi connectivity index (χ3n) is 2.18. The van der Waals surface area contributed by atoms with Crippen molar-refractivity contribution >= 4 is 17.4 Å². The van der Waals surface area contributed by atoms with Crippen LogP contribution in [-0.2, 0) is 11.3 Å². The molecule has 0 radical (unpaired) electrons. The third-order valence-corrected chi connectivity index (χ3v) is 3.18. The quantitative estimate of drug-likeness (QED) is 0.808. The molecule has 0 unspecified atom stereocenters. The topological polar surface area (TPSA) is 104 Å². The zero-order valence-corrected chi connectivity index (χ0v) is 11.1. The minimum Gasteiger partial charge on any atom is -0.397 e. The summed E-state index contributed by atoms with van der Waals surface area (Å²) in [6.07, 6.45) is 1.70. The summed E-state index contributed by atoms with van der Waals surface area (Å²) < 4.78 is 5.12. The maximum absolute atomic E-state index is 5.88. The van der Waals surface area contributed by atoms with Crippen LogP contribution in [0.25, 0.3) is 0 Å². The highest BCUT2D eigenvalue weighted by Crippen LogP contribution is 2.25. The van der Waals surface area contributed by atoms with Gasteiger partial charge in [0, 0.05) is 6.20 Å². The van der Waals surface area contributed by atoms with Crippen molar-refractivity contribution in [3.8, 4) is 0 Å². The Morgan fingerprint density at radius 2 is 2.22 bits per heavy atom. The number of pyridine rings is 1. The van der Waals surface area contributed by atoms with E-state index in [1.54, 1.807) is 18.3 Å². The van der Waals surface area contributed by atoms with Crippen LogP contribution in [-0.4, -0.2) is 15.1 Å². The van der Waals surface area contributed by atoms with Crippen LogP contribution < -0.4 is 11.5 Å². The van der Waals surface area contributed by atoms with Gasteiger partial charge in [0.1, 0.15) is 5.03 Å². The first-order valence-corrected chi connectivity index (χ1v) is 6.40. The second-order valence-corrected chi connectivity index (χ2v) is 5.38. The number of rotatable bonds is 4. The van der Waals surface area contributed by atoms with Gasteiger partial charge in [0.05, 0.1) is 17.0 Å². The lowest BCUT2D eigenvalue weighted by molar-refractivity contribution is 0.370. The summed E-state index contributed by atoms with van der Waals surface area (Å²) in [7, 11) is 0. The first kappa shape index (κ1) is 12.8. The molecule has 18 heavy (non-hydrogen) atoms. The van der Waals surface area contributed by atoms with Crippen LogP contribution in [0, 0.1) is 0 Å². The first-order chi connectivity index (χ1) is 8.47. The summed E-state index contributed by atoms with van der Waals surface area (Å²) >= 11 is 1.45. The molecule has 6 nitrogen and oxygen atoms in total. The van der Waals surface area contributed by atoms with E-state index in [0.717, 1.165) is 5.03 Å². The van der Waals surface area contributed by atoms with Gasteiger partial charge < -0.3 is 16.0 Å². The molecule has 4 N–H and O–H groups in total. The van der Waals surface area contributed by atoms with Gasteiger partial charge in [0.15, 0.2) is 5.82 Å². The van der Waals surface area contributed by atoms with Gasteiger partial charge in [-0.1, -0.05) is 16.9 Å². The average Bonchev–Trinajstić information content (AvgIpc) is 2.76. The van der Waals surface area contributed by atoms with Gasteiger partial charge >= 0.3 is 0 Å². The number of thioether (sulfide) groups is 1. The highest BCUT2D eigenvalue weighted by atomic mass is 32.2. The highest BCUT2D eigenvalue weighted by molar-refractivity contribution is 7.98. The number of aromatic nitrogens is 3. The standard InChI is InChI=1S/C11H15N5OS/c1-11(2,13)10-15-8(17-16-10)6-18-9-7(12)4-3-5-14-9/h3-5H,6,12-13H2,1-2H3. The second-order valence-electron chi connectivity index (χ2n) is 4.42. The van der Waals surface area contributed by atoms with E-state index in [9.17, 15) is 0 Å². The highest BCUT2D eigenvalue weighted by Gasteiger charge is 2.21. The number of nitrogens with two attached hydrogens (primary N) is 2. The molecular weight excluding hydrogens is 250 g/mol. The molecule has 96 valence electrons. The van der Waals surface area contributed by atoms with Crippen molar-refractivity contribution in [1.82, 2.24) is 15.1 Å². The van der Waals surface area contributed by atoms with Gasteiger partial charge in [0.25, 0.3) is 0 Å². The molecular formula is C11H15N5OS. The van der Waals surface area contributed by atoms with E-state index in [2.05, 4.69) is 15.1 Å². The molecule has 0 bridgehead atoms. The Hall–Kier alpha value is -1.60. The zero-order chi connectivity index (χ0) is 13.2. The van der Waals surface area contributed by atoms with Crippen LogP contribution in [0.5, 0.6) is 0 Å². The number of hydrogen-bond acceptors (Lipinski definition) is 7. The predicted octanol–water partition coefficient (Wildman–Crippen LogP) is 1.53. The molecule has 2 aromatic rings. The van der Waals surface area contributed by atoms with Crippen LogP contribution in [0.3, 0.4) is 0 Å². The lowest BCUT2D eigenvalue weighted by Crippen LogP contribution is -2.30. The van der Waals surface area contributed by atoms with E-state index in [0.29, 0.717) is 23.2 Å². The monoisotopic (exact) mass is 265 g/mol. The van der Waals surface area contributed by atoms with Gasteiger partial charge in [-0.05, 0) is 26.0 Å². The second kappa shape index (κ2) is 4.95. The Morgan fingerprint density at radius 3 is 2.83 bits per heavy atom. The number of nitrogens with zero attached hydrogens (tertiary/aromatic N) is 3. The fourth-order valence-electron chi connectivity index (χ4n) is 1.23. The largest absolute Gasteiger partial charge is 0.397 e. The molecule has 0 amide bonds. The Morgan fingerprint density at radius 1 is 1.44 bits per heavy atom. The molecule has 0 spiro atoms. The SMILES string of the molecule is CC(C)(N)c1noc(CSc2ncccc2N)n1. The van der Waals surface area contributed by atoms with Crippen molar-refractivity contribution in [2.45, 2.75) is 30.2 Å². The van der Waals surface area contributed by atoms with E-state index in [1.807, 2.05) is 13.8 Å². The fraction of sp³-hybridized carbons (Fsp3) is 0.364. The minimum absolute atomic E-state index is 0.493. The normalized spacial score (nSPS) is 11.7. The number of nitrogen functional groups attached to an aromatic ring is 1. The summed E-state index contributed by atoms with van der Waals surface area (Å²) in [5.41, 5.74) is 11.7. The molecule has 0 aliphatic carbocycles. The lowest BCUT2D eigenvalue weighted by Gasteiger charge is -2.11. The summed E-state index contributed by atoms with van der Waals surface area (Å²) in [6.45, 7) is 3.65. The van der Waals surface area contributed by atoms with E-state index in [-0.39, 0.29) is 0 Å². The zero-order valence-electron chi connectivity index (χ0n) is 10.3. The average molecular weight is 265 g/mol. The molecule has 0 aromatic carbocycles. The van der Waals surface area contributed by atoms with Crippen LogP contribution in [0.2, 0.25) is 0 Å². The Kier molecular flexibility index (Phi) is 3.53. The van der Waals surface area contributed by atoms with E-state index in [4.69, 9.17) is 16.0 Å². The van der Waals surface area contributed by atoms with E-state index in [1.165, 1.54) is 11.8 Å². The predicted molar refractivity (Wildman–Crippen MR) is 69.7 cm³/mol. The van der Waals surface area contributed by atoms with Crippen LogP contribution in [0.15, 0.2) is 27.9 Å². The van der Waals surface area contributed by atoms with E-state index >= 15 is 0 Å². The van der Waals surface area contributed by atoms with Gasteiger partial charge in [-0.15, -0.1) is 0 Å². The molecule has 2 heterocycles. The van der Waals surface area contributed by atoms with Gasteiger partial charge in [-0.2, -0.15) is 4.98 Å². The fourth-order valence-corrected chi connectivity index (χ4v) is 1.98. The summed E-state index contributed by atoms with van der Waals surface area (Å²) in [5, 5.41) is 4.60. The summed E-state index contributed by atoms with van der Waals surface area (Å²) in [5.74, 6) is 1.52. The van der Waals surface area contributed by atoms with Crippen molar-refractivity contribution in [2.24, 2.45) is 5.73 Å². The molecule has 0 aliphatic heterocycles. The maximum Gasteiger partial charge on any atom is 0.237 e. The van der Waals surface area contributed by atoms with Gasteiger partial charge in [-0.25, -0.2) is 4.98 Å². The Balaban J connectivity index is 2.03. The lowest BCUT2D eigenvalue weighted by atomic mass is 10.1. The molecule has 2 aromatic heterocycles. The van der Waals surface area contributed by atoms with E-state index < -0.39 is 5.54 Å². The minimum atomic E-state index is -0.601. The van der Waals surface area contributed by atoms with Crippen molar-refractivity contribution in [1.29, 1.82) is 0 Å². The molecule has 0 fully saturated rings. The molecule has 2 rings (SSSR count). The summed E-state index contributed by atoms with van der Waals surface area (Å²) in [6, 6.07) is 3.60. The number of hydrogen-bond donors (Lipinski definition) is 2. The van der Waals surface area contributed by atoms with Gasteiger partial charge in [-0.3, -0.25) is 0 Å². The van der Waals surface area contributed by atoms with Gasteiger partial charge in [0.2, 0.25) is 5.89 Å². The van der Waals surface area contributed by atoms with Crippen molar-refractivity contribution in [2.75, 3.05) is 5.73 Å². The van der Waals surface area contributed by atoms with Crippen LogP contribution in [0.1, 0.15) is 25.6 Å². The molecule has 7 heteroatoms. The van der Waals surface area contributed by atoms with Crippen LogP contribution in [0.4, 0.5) is 5.69 Å². The Bertz CT molecular complexity index is 534. The van der Waals surface area contributed by atoms with Crippen molar-refractivity contribution in [3.05, 3.63) is 30.0 Å². The van der Waals surface area contributed by atoms with Crippen LogP contribution >= 0.6 is 11.8 Å². The maximum atomic E-state index is 5.88. The smallest absolute Gasteiger partial charge is 0.237 e. The first-order valence-electron chi connectivity index (χ1n) is 5.42. The third kappa shape index (κ3) is 2.99.